The maximum Gasteiger partial charge on any atom is 0.0686 e. The van der Waals surface area contributed by atoms with E-state index in [2.05, 4.69) is 0 Å². The van der Waals surface area contributed by atoms with Gasteiger partial charge in [0.1, 0.15) is 0 Å². The number of hydrogen-bond acceptors (Lipinski definition) is 1. The summed E-state index contributed by atoms with van der Waals surface area (Å²) in [5, 5.41) is 0. The summed E-state index contributed by atoms with van der Waals surface area (Å²) in [5.41, 5.74) is 0.360. The summed E-state index contributed by atoms with van der Waals surface area (Å²) in [6.45, 7) is 1.04. The summed E-state index contributed by atoms with van der Waals surface area (Å²) in [4.78, 5) is 0. The second-order valence-electron chi connectivity index (χ2n) is 5.68. The average molecular weight is 194 g/mol. The molecule has 1 heteroatoms. The number of ether oxygens (including phenoxy) is 1. The van der Waals surface area contributed by atoms with Crippen molar-refractivity contribution in [2.24, 2.45) is 11.8 Å². The number of hydrogen-bond donors (Lipinski definition) is 0. The maximum absolute atomic E-state index is 6.03. The van der Waals surface area contributed by atoms with Gasteiger partial charge in [0.2, 0.25) is 0 Å². The van der Waals surface area contributed by atoms with E-state index in [0.29, 0.717) is 5.60 Å². The quantitative estimate of drug-likeness (QED) is 0.573. The van der Waals surface area contributed by atoms with E-state index >= 15 is 0 Å². The summed E-state index contributed by atoms with van der Waals surface area (Å²) in [6.07, 6.45) is 12.9. The fourth-order valence-corrected chi connectivity index (χ4v) is 4.07. The lowest BCUT2D eigenvalue weighted by molar-refractivity contribution is -0.0632. The average Bonchev–Trinajstić information content (AvgIpc) is 2.66. The highest BCUT2D eigenvalue weighted by atomic mass is 16.5. The normalized spacial score (nSPS) is 48.0. The summed E-state index contributed by atoms with van der Waals surface area (Å²) in [7, 11) is 0. The van der Waals surface area contributed by atoms with Crippen LogP contribution in [0.1, 0.15) is 57.8 Å². The molecule has 3 aliphatic rings. The molecule has 3 fully saturated rings. The summed E-state index contributed by atoms with van der Waals surface area (Å²) in [5.74, 6) is 2.09. The third kappa shape index (κ3) is 1.50. The Morgan fingerprint density at radius 1 is 0.857 bits per heavy atom. The van der Waals surface area contributed by atoms with Gasteiger partial charge in [0.25, 0.3) is 0 Å². The van der Waals surface area contributed by atoms with E-state index in [1.54, 1.807) is 0 Å². The van der Waals surface area contributed by atoms with E-state index in [-0.39, 0.29) is 0 Å². The first-order valence-electron chi connectivity index (χ1n) is 6.52. The molecule has 3 atom stereocenters. The maximum atomic E-state index is 6.03. The van der Waals surface area contributed by atoms with Gasteiger partial charge in [-0.1, -0.05) is 25.7 Å². The van der Waals surface area contributed by atoms with Crippen molar-refractivity contribution in [3.05, 3.63) is 0 Å². The van der Waals surface area contributed by atoms with E-state index in [1.807, 2.05) is 0 Å². The third-order valence-electron chi connectivity index (χ3n) is 4.86. The predicted molar refractivity (Wildman–Crippen MR) is 57.2 cm³/mol. The third-order valence-corrected chi connectivity index (χ3v) is 4.86. The lowest BCUT2D eigenvalue weighted by atomic mass is 9.65. The monoisotopic (exact) mass is 194 g/mol. The van der Waals surface area contributed by atoms with Crippen molar-refractivity contribution in [2.75, 3.05) is 6.61 Å². The Bertz CT molecular complexity index is 205. The second-order valence-corrected chi connectivity index (χ2v) is 5.68. The minimum atomic E-state index is 0.360. The minimum absolute atomic E-state index is 0.360. The zero-order valence-corrected chi connectivity index (χ0v) is 9.13. The molecule has 2 saturated carbocycles. The van der Waals surface area contributed by atoms with Gasteiger partial charge >= 0.3 is 0 Å². The van der Waals surface area contributed by atoms with Crippen LogP contribution in [0.5, 0.6) is 0 Å². The Morgan fingerprint density at radius 3 is 2.50 bits per heavy atom. The van der Waals surface area contributed by atoms with Crippen molar-refractivity contribution in [2.45, 2.75) is 63.4 Å². The fourth-order valence-electron chi connectivity index (χ4n) is 4.07. The van der Waals surface area contributed by atoms with E-state index < -0.39 is 0 Å². The molecule has 1 saturated heterocycles. The van der Waals surface area contributed by atoms with Gasteiger partial charge < -0.3 is 4.74 Å². The molecule has 3 rings (SSSR count). The van der Waals surface area contributed by atoms with Gasteiger partial charge in [0.05, 0.1) is 5.60 Å². The standard InChI is InChI=1S/C13H22O/c1-2-5-12-10-13(7-3-9-14-13)8-6-11(12)4-1/h11-12H,1-10H2. The molecular formula is C13H22O. The topological polar surface area (TPSA) is 9.23 Å². The van der Waals surface area contributed by atoms with Crippen molar-refractivity contribution in [1.82, 2.24) is 0 Å². The SMILES string of the molecule is C1CCC2CC3(CCCO3)CCC2C1. The van der Waals surface area contributed by atoms with Gasteiger partial charge in [0.15, 0.2) is 0 Å². The van der Waals surface area contributed by atoms with Crippen LogP contribution in [0.3, 0.4) is 0 Å². The van der Waals surface area contributed by atoms with Crippen molar-refractivity contribution < 1.29 is 4.74 Å². The van der Waals surface area contributed by atoms with Crippen LogP contribution in [-0.2, 0) is 4.74 Å². The summed E-state index contributed by atoms with van der Waals surface area (Å²) >= 11 is 0. The first-order valence-corrected chi connectivity index (χ1v) is 6.52. The van der Waals surface area contributed by atoms with Crippen molar-refractivity contribution in [1.29, 1.82) is 0 Å². The Kier molecular flexibility index (Phi) is 2.31. The highest BCUT2D eigenvalue weighted by molar-refractivity contribution is 4.95. The van der Waals surface area contributed by atoms with E-state index in [9.17, 15) is 0 Å². The molecule has 1 aliphatic heterocycles. The molecule has 0 aromatic carbocycles. The van der Waals surface area contributed by atoms with Crippen LogP contribution in [0.15, 0.2) is 0 Å². The van der Waals surface area contributed by atoms with Crippen LogP contribution >= 0.6 is 0 Å². The molecule has 1 heterocycles. The second kappa shape index (κ2) is 3.52. The summed E-state index contributed by atoms with van der Waals surface area (Å²) < 4.78 is 6.03. The Balaban J connectivity index is 1.70. The molecule has 3 unspecified atom stereocenters. The Labute approximate surface area is 87.2 Å². The van der Waals surface area contributed by atoms with Crippen LogP contribution < -0.4 is 0 Å². The summed E-state index contributed by atoms with van der Waals surface area (Å²) in [6, 6.07) is 0. The van der Waals surface area contributed by atoms with Gasteiger partial charge in [-0.15, -0.1) is 0 Å². The smallest absolute Gasteiger partial charge is 0.0686 e. The van der Waals surface area contributed by atoms with E-state index in [1.165, 1.54) is 57.8 Å². The zero-order valence-electron chi connectivity index (χ0n) is 9.13. The molecule has 2 aliphatic carbocycles. The van der Waals surface area contributed by atoms with Gasteiger partial charge in [-0.2, -0.15) is 0 Å². The van der Waals surface area contributed by atoms with Crippen LogP contribution in [0.2, 0.25) is 0 Å². The number of rotatable bonds is 0. The van der Waals surface area contributed by atoms with Crippen LogP contribution in [0.25, 0.3) is 0 Å². The van der Waals surface area contributed by atoms with E-state index in [4.69, 9.17) is 4.74 Å². The zero-order chi connectivity index (χ0) is 9.43. The predicted octanol–water partition coefficient (Wildman–Crippen LogP) is 3.53. The first kappa shape index (κ1) is 9.21. The lowest BCUT2D eigenvalue weighted by Gasteiger charge is -2.44. The molecule has 0 bridgehead atoms. The van der Waals surface area contributed by atoms with Crippen molar-refractivity contribution >= 4 is 0 Å². The van der Waals surface area contributed by atoms with Crippen LogP contribution in [0, 0.1) is 11.8 Å². The molecule has 0 aromatic rings. The molecule has 0 radical (unpaired) electrons. The molecule has 0 aromatic heterocycles. The van der Waals surface area contributed by atoms with Crippen molar-refractivity contribution in [3.63, 3.8) is 0 Å². The molecule has 80 valence electrons. The minimum Gasteiger partial charge on any atom is -0.375 e. The van der Waals surface area contributed by atoms with Crippen LogP contribution in [0.4, 0.5) is 0 Å². The first-order chi connectivity index (χ1) is 6.88. The fraction of sp³-hybridized carbons (Fsp3) is 1.00. The largest absolute Gasteiger partial charge is 0.375 e. The molecule has 0 N–H and O–H groups in total. The van der Waals surface area contributed by atoms with Crippen molar-refractivity contribution in [3.8, 4) is 0 Å². The Hall–Kier alpha value is -0.0400. The highest BCUT2D eigenvalue weighted by Gasteiger charge is 2.43. The lowest BCUT2D eigenvalue weighted by Crippen LogP contribution is -2.39. The van der Waals surface area contributed by atoms with Gasteiger partial charge in [-0.05, 0) is 43.9 Å². The molecule has 0 amide bonds. The van der Waals surface area contributed by atoms with Gasteiger partial charge in [0, 0.05) is 6.61 Å². The van der Waals surface area contributed by atoms with E-state index in [0.717, 1.165) is 18.4 Å². The molecule has 1 spiro atoms. The van der Waals surface area contributed by atoms with Gasteiger partial charge in [-0.3, -0.25) is 0 Å². The molecule has 14 heavy (non-hydrogen) atoms. The number of fused-ring (bicyclic) bond motifs is 1. The molecular weight excluding hydrogens is 172 g/mol. The van der Waals surface area contributed by atoms with Crippen LogP contribution in [-0.4, -0.2) is 12.2 Å². The highest BCUT2D eigenvalue weighted by Crippen LogP contribution is 2.48. The van der Waals surface area contributed by atoms with Gasteiger partial charge in [-0.25, -0.2) is 0 Å². The molecule has 1 nitrogen and oxygen atoms in total. The Morgan fingerprint density at radius 2 is 1.71 bits per heavy atom.